The number of rotatable bonds is 4. The van der Waals surface area contributed by atoms with Crippen LogP contribution in [-0.4, -0.2) is 30.3 Å². The third-order valence-corrected chi connectivity index (χ3v) is 5.82. The average molecular weight is 312 g/mol. The van der Waals surface area contributed by atoms with E-state index in [2.05, 4.69) is 6.92 Å². The van der Waals surface area contributed by atoms with Crippen molar-refractivity contribution in [2.75, 3.05) is 6.54 Å². The summed E-state index contributed by atoms with van der Waals surface area (Å²) in [5.74, 6) is 0.364. The van der Waals surface area contributed by atoms with E-state index in [4.69, 9.17) is 18.0 Å². The Labute approximate surface area is 126 Å². The minimum atomic E-state index is -3.33. The summed E-state index contributed by atoms with van der Waals surface area (Å²) >= 11 is 4.98. The lowest BCUT2D eigenvalue weighted by atomic mass is 10.1. The van der Waals surface area contributed by atoms with Crippen LogP contribution in [0.2, 0.25) is 0 Å². The second-order valence-electron chi connectivity index (χ2n) is 5.54. The van der Waals surface area contributed by atoms with Gasteiger partial charge >= 0.3 is 0 Å². The van der Waals surface area contributed by atoms with E-state index >= 15 is 0 Å². The first-order valence-electron chi connectivity index (χ1n) is 6.68. The minimum Gasteiger partial charge on any atom is -0.389 e. The monoisotopic (exact) mass is 312 g/mol. The fraction of sp³-hybridized carbons (Fsp3) is 0.500. The number of thiocarbonyl (C=S) groups is 1. The number of nitrogens with zero attached hydrogens (tertiary/aromatic N) is 1. The molecule has 1 heterocycles. The molecule has 110 valence electrons. The van der Waals surface area contributed by atoms with Crippen molar-refractivity contribution in [1.82, 2.24) is 4.31 Å². The topological polar surface area (TPSA) is 63.4 Å². The highest BCUT2D eigenvalue weighted by atomic mass is 32.2. The summed E-state index contributed by atoms with van der Waals surface area (Å²) in [6.07, 6.45) is 0.913. The van der Waals surface area contributed by atoms with Crippen LogP contribution < -0.4 is 5.73 Å². The summed E-state index contributed by atoms with van der Waals surface area (Å²) in [7, 11) is -3.33. The molecule has 0 aromatic heterocycles. The van der Waals surface area contributed by atoms with Crippen LogP contribution in [0.4, 0.5) is 0 Å². The van der Waals surface area contributed by atoms with E-state index in [0.717, 1.165) is 6.42 Å². The second kappa shape index (κ2) is 5.79. The third kappa shape index (κ3) is 3.19. The second-order valence-corrected chi connectivity index (χ2v) is 7.90. The molecule has 0 amide bonds. The van der Waals surface area contributed by atoms with Crippen molar-refractivity contribution >= 4 is 27.2 Å². The highest BCUT2D eigenvalue weighted by molar-refractivity contribution is 7.88. The van der Waals surface area contributed by atoms with Crippen LogP contribution in [0.25, 0.3) is 0 Å². The molecule has 1 aliphatic heterocycles. The molecule has 6 heteroatoms. The van der Waals surface area contributed by atoms with Gasteiger partial charge in [0.1, 0.15) is 4.99 Å². The molecule has 2 rings (SSSR count). The van der Waals surface area contributed by atoms with Crippen LogP contribution in [0.3, 0.4) is 0 Å². The largest absolute Gasteiger partial charge is 0.389 e. The van der Waals surface area contributed by atoms with E-state index < -0.39 is 10.0 Å². The van der Waals surface area contributed by atoms with Crippen molar-refractivity contribution in [3.63, 3.8) is 0 Å². The molecule has 20 heavy (non-hydrogen) atoms. The first kappa shape index (κ1) is 15.4. The van der Waals surface area contributed by atoms with Gasteiger partial charge in [-0.3, -0.25) is 0 Å². The van der Waals surface area contributed by atoms with Gasteiger partial charge < -0.3 is 5.73 Å². The lowest BCUT2D eigenvalue weighted by Gasteiger charge is -2.21. The molecule has 1 aromatic rings. The Hall–Kier alpha value is -0.980. The van der Waals surface area contributed by atoms with Crippen LogP contribution in [0.1, 0.15) is 31.4 Å². The molecular formula is C14H20N2O2S2. The van der Waals surface area contributed by atoms with Crippen molar-refractivity contribution in [2.24, 2.45) is 11.7 Å². The zero-order chi connectivity index (χ0) is 14.9. The zero-order valence-electron chi connectivity index (χ0n) is 11.7. The Bertz CT molecular complexity index is 613. The van der Waals surface area contributed by atoms with Gasteiger partial charge in [-0.05, 0) is 24.8 Å². The summed E-state index contributed by atoms with van der Waals surface area (Å²) in [5.41, 5.74) is 6.98. The molecule has 1 aliphatic rings. The maximum Gasteiger partial charge on any atom is 0.218 e. The smallest absolute Gasteiger partial charge is 0.218 e. The van der Waals surface area contributed by atoms with E-state index in [1.165, 1.54) is 0 Å². The predicted octanol–water partition coefficient (Wildman–Crippen LogP) is 1.88. The normalized spacial score (nSPS) is 23.9. The molecule has 0 aliphatic carbocycles. The Morgan fingerprint density at radius 1 is 1.40 bits per heavy atom. The van der Waals surface area contributed by atoms with Crippen LogP contribution in [0.5, 0.6) is 0 Å². The highest BCUT2D eigenvalue weighted by Gasteiger charge is 2.35. The molecule has 4 nitrogen and oxygen atoms in total. The number of hydrogen-bond donors (Lipinski definition) is 1. The lowest BCUT2D eigenvalue weighted by molar-refractivity contribution is 0.405. The fourth-order valence-corrected chi connectivity index (χ4v) is 4.94. The van der Waals surface area contributed by atoms with Gasteiger partial charge in [0.2, 0.25) is 10.0 Å². The lowest BCUT2D eigenvalue weighted by Crippen LogP contribution is -2.35. The maximum atomic E-state index is 12.6. The SMILES string of the molecule is CC1CC(C)N(S(=O)(=O)Cc2ccccc2C(N)=S)C1. The summed E-state index contributed by atoms with van der Waals surface area (Å²) in [6.45, 7) is 4.63. The summed E-state index contributed by atoms with van der Waals surface area (Å²) < 4.78 is 26.8. The van der Waals surface area contributed by atoms with Crippen molar-refractivity contribution in [3.8, 4) is 0 Å². The zero-order valence-corrected chi connectivity index (χ0v) is 13.4. The fourth-order valence-electron chi connectivity index (χ4n) is 2.82. The Balaban J connectivity index is 2.27. The minimum absolute atomic E-state index is 0.0441. The van der Waals surface area contributed by atoms with Crippen LogP contribution in [0.15, 0.2) is 24.3 Å². The molecule has 0 saturated carbocycles. The summed E-state index contributed by atoms with van der Waals surface area (Å²) in [6, 6.07) is 7.22. The van der Waals surface area contributed by atoms with Crippen molar-refractivity contribution in [1.29, 1.82) is 0 Å². The highest BCUT2D eigenvalue weighted by Crippen LogP contribution is 2.27. The standard InChI is InChI=1S/C14H20N2O2S2/c1-10-7-11(2)16(8-10)20(17,18)9-12-5-3-4-6-13(12)14(15)19/h3-6,10-11H,7-9H2,1-2H3,(H2,15,19). The first-order valence-corrected chi connectivity index (χ1v) is 8.70. The van der Waals surface area contributed by atoms with Gasteiger partial charge in [0.05, 0.1) is 5.75 Å². The van der Waals surface area contributed by atoms with Crippen molar-refractivity contribution in [2.45, 2.75) is 32.1 Å². The van der Waals surface area contributed by atoms with Gasteiger partial charge in [-0.25, -0.2) is 8.42 Å². The van der Waals surface area contributed by atoms with E-state index in [1.54, 1.807) is 16.4 Å². The Morgan fingerprint density at radius 2 is 2.05 bits per heavy atom. The van der Waals surface area contributed by atoms with Gasteiger partial charge in [0.15, 0.2) is 0 Å². The number of benzene rings is 1. The van der Waals surface area contributed by atoms with Gasteiger partial charge in [0, 0.05) is 18.2 Å². The first-order chi connectivity index (χ1) is 9.31. The number of nitrogens with two attached hydrogens (primary N) is 1. The van der Waals surface area contributed by atoms with Crippen molar-refractivity contribution in [3.05, 3.63) is 35.4 Å². The van der Waals surface area contributed by atoms with Gasteiger partial charge in [-0.1, -0.05) is 43.4 Å². The predicted molar refractivity (Wildman–Crippen MR) is 84.9 cm³/mol. The molecule has 2 N–H and O–H groups in total. The molecule has 0 bridgehead atoms. The van der Waals surface area contributed by atoms with Crippen molar-refractivity contribution < 1.29 is 8.42 Å². The van der Waals surface area contributed by atoms with E-state index in [1.807, 2.05) is 19.1 Å². The molecule has 1 aromatic carbocycles. The molecular weight excluding hydrogens is 292 g/mol. The van der Waals surface area contributed by atoms with E-state index in [9.17, 15) is 8.42 Å². The van der Waals surface area contributed by atoms with Gasteiger partial charge in [-0.15, -0.1) is 0 Å². The van der Waals surface area contributed by atoms with Crippen LogP contribution >= 0.6 is 12.2 Å². The number of sulfonamides is 1. The van der Waals surface area contributed by atoms with E-state index in [0.29, 0.717) is 23.6 Å². The third-order valence-electron chi connectivity index (χ3n) is 3.70. The Morgan fingerprint density at radius 3 is 2.60 bits per heavy atom. The van der Waals surface area contributed by atoms with Gasteiger partial charge in [0.25, 0.3) is 0 Å². The molecule has 0 spiro atoms. The Kier molecular flexibility index (Phi) is 4.46. The van der Waals surface area contributed by atoms with Gasteiger partial charge in [-0.2, -0.15) is 4.31 Å². The molecule has 0 radical (unpaired) electrons. The quantitative estimate of drug-likeness (QED) is 0.862. The van der Waals surface area contributed by atoms with Crippen LogP contribution in [-0.2, 0) is 15.8 Å². The maximum absolute atomic E-state index is 12.6. The summed E-state index contributed by atoms with van der Waals surface area (Å²) in [5, 5.41) is 0. The molecule has 1 saturated heterocycles. The van der Waals surface area contributed by atoms with E-state index in [-0.39, 0.29) is 16.8 Å². The molecule has 2 atom stereocenters. The number of hydrogen-bond acceptors (Lipinski definition) is 3. The van der Waals surface area contributed by atoms with Crippen LogP contribution in [0, 0.1) is 5.92 Å². The molecule has 1 fully saturated rings. The summed E-state index contributed by atoms with van der Waals surface area (Å²) in [4.78, 5) is 0.235. The molecule has 2 unspecified atom stereocenters. The average Bonchev–Trinajstić information content (AvgIpc) is 2.69.